The van der Waals surface area contributed by atoms with Crippen LogP contribution in [0.2, 0.25) is 0 Å². The van der Waals surface area contributed by atoms with Gasteiger partial charge in [-0.25, -0.2) is 19.6 Å². The van der Waals surface area contributed by atoms with E-state index in [4.69, 9.17) is 9.97 Å². The average Bonchev–Trinajstić information content (AvgIpc) is 3.54. The molecule has 1 aromatic carbocycles. The number of fused-ring (bicyclic) bond motifs is 3. The summed E-state index contributed by atoms with van der Waals surface area (Å²) in [5.74, 6) is 0.844. The molecule has 2 N–H and O–H groups in total. The van der Waals surface area contributed by atoms with Crippen LogP contribution in [0.4, 0.5) is 11.6 Å². The van der Waals surface area contributed by atoms with Gasteiger partial charge in [-0.15, -0.1) is 0 Å². The second-order valence-electron chi connectivity index (χ2n) is 11.4. The number of hydrogen-bond acceptors (Lipinski definition) is 7. The third-order valence-electron chi connectivity index (χ3n) is 7.28. The molecule has 0 atom stereocenters. The molecule has 9 heteroatoms. The lowest BCUT2D eigenvalue weighted by Crippen LogP contribution is -2.33. The molecular weight excluding hydrogens is 452 g/mol. The van der Waals surface area contributed by atoms with E-state index in [1.54, 1.807) is 21.8 Å². The van der Waals surface area contributed by atoms with Gasteiger partial charge in [0.05, 0.1) is 5.69 Å². The summed E-state index contributed by atoms with van der Waals surface area (Å²) < 4.78 is 3.36. The zero-order chi connectivity index (χ0) is 25.2. The molecule has 0 saturated heterocycles. The van der Waals surface area contributed by atoms with Gasteiger partial charge in [0, 0.05) is 48.0 Å². The van der Waals surface area contributed by atoms with Crippen molar-refractivity contribution in [2.75, 3.05) is 11.9 Å². The SMILES string of the molecule is CC(C)n1c(=O)c2cnc(Nc3ccc4c(c3)CNCC43CC3)nc2n1-c1nccc(C(C)(C)C)n1. The van der Waals surface area contributed by atoms with Crippen molar-refractivity contribution in [3.63, 3.8) is 0 Å². The Bertz CT molecular complexity index is 1540. The molecule has 4 aromatic rings. The zero-order valence-electron chi connectivity index (χ0n) is 21.5. The topological polar surface area (TPSA) is 103 Å². The summed E-state index contributed by atoms with van der Waals surface area (Å²) in [6.07, 6.45) is 5.83. The fourth-order valence-electron chi connectivity index (χ4n) is 5.18. The molecule has 186 valence electrons. The highest BCUT2D eigenvalue weighted by molar-refractivity contribution is 5.77. The molecule has 1 spiro atoms. The van der Waals surface area contributed by atoms with Crippen LogP contribution in [-0.2, 0) is 17.4 Å². The lowest BCUT2D eigenvalue weighted by Gasteiger charge is -2.26. The quantitative estimate of drug-likeness (QED) is 0.449. The van der Waals surface area contributed by atoms with E-state index in [9.17, 15) is 4.79 Å². The standard InChI is InChI=1S/C27H32N8O/c1-16(2)34-23(36)19-14-30-24(31-18-6-7-20-17(12-18)13-28-15-27(20)9-10-27)33-22(19)35(34)25-29-11-8-21(32-25)26(3,4)5/h6-8,11-12,14,16,28H,9-10,13,15H2,1-5H3,(H,30,31,33). The number of nitrogens with one attached hydrogen (secondary N) is 2. The van der Waals surface area contributed by atoms with E-state index in [1.807, 2.05) is 19.9 Å². The first kappa shape index (κ1) is 22.8. The van der Waals surface area contributed by atoms with Crippen molar-refractivity contribution >= 4 is 22.7 Å². The summed E-state index contributed by atoms with van der Waals surface area (Å²) in [7, 11) is 0. The average molecular weight is 485 g/mol. The number of aromatic nitrogens is 6. The van der Waals surface area contributed by atoms with Gasteiger partial charge in [0.25, 0.3) is 11.5 Å². The van der Waals surface area contributed by atoms with Gasteiger partial charge < -0.3 is 10.6 Å². The summed E-state index contributed by atoms with van der Waals surface area (Å²) in [6.45, 7) is 12.2. The Morgan fingerprint density at radius 3 is 2.64 bits per heavy atom. The van der Waals surface area contributed by atoms with Gasteiger partial charge in [0.15, 0.2) is 5.65 Å². The Balaban J connectivity index is 1.44. The summed E-state index contributed by atoms with van der Waals surface area (Å²) in [5, 5.41) is 7.34. The van der Waals surface area contributed by atoms with Crippen LogP contribution in [0.25, 0.3) is 17.0 Å². The summed E-state index contributed by atoms with van der Waals surface area (Å²) in [4.78, 5) is 31.9. The van der Waals surface area contributed by atoms with Gasteiger partial charge in [-0.2, -0.15) is 9.67 Å². The smallest absolute Gasteiger partial charge is 0.278 e. The minimum Gasteiger partial charge on any atom is -0.324 e. The van der Waals surface area contributed by atoms with E-state index in [0.717, 1.165) is 24.5 Å². The summed E-state index contributed by atoms with van der Waals surface area (Å²) in [6, 6.07) is 8.30. The van der Waals surface area contributed by atoms with Crippen molar-refractivity contribution in [3.05, 3.63) is 63.8 Å². The van der Waals surface area contributed by atoms with E-state index in [1.165, 1.54) is 24.0 Å². The Kier molecular flexibility index (Phi) is 5.05. The molecule has 0 amide bonds. The van der Waals surface area contributed by atoms with Crippen LogP contribution < -0.4 is 16.2 Å². The second kappa shape index (κ2) is 7.96. The van der Waals surface area contributed by atoms with Gasteiger partial charge in [-0.05, 0) is 56.0 Å². The van der Waals surface area contributed by atoms with Gasteiger partial charge in [0.2, 0.25) is 5.95 Å². The minimum absolute atomic E-state index is 0.118. The number of benzene rings is 1. The van der Waals surface area contributed by atoms with Crippen molar-refractivity contribution in [1.29, 1.82) is 0 Å². The fraction of sp³-hybridized carbons (Fsp3) is 0.444. The highest BCUT2D eigenvalue weighted by Gasteiger charge is 2.46. The van der Waals surface area contributed by atoms with E-state index in [0.29, 0.717) is 28.3 Å². The molecule has 2 aliphatic rings. The monoisotopic (exact) mass is 484 g/mol. The molecule has 0 radical (unpaired) electrons. The van der Waals surface area contributed by atoms with Gasteiger partial charge in [-0.1, -0.05) is 26.8 Å². The maximum atomic E-state index is 13.3. The summed E-state index contributed by atoms with van der Waals surface area (Å²) in [5.41, 5.74) is 5.09. The maximum absolute atomic E-state index is 13.3. The van der Waals surface area contributed by atoms with Crippen LogP contribution in [-0.4, -0.2) is 35.8 Å². The van der Waals surface area contributed by atoms with Crippen molar-refractivity contribution in [2.45, 2.75) is 70.9 Å². The van der Waals surface area contributed by atoms with Crippen LogP contribution in [0.1, 0.15) is 70.3 Å². The molecule has 6 rings (SSSR count). The Labute approximate surface area is 210 Å². The van der Waals surface area contributed by atoms with Gasteiger partial charge >= 0.3 is 0 Å². The fourth-order valence-corrected chi connectivity index (χ4v) is 5.18. The molecule has 1 aliphatic heterocycles. The number of anilines is 2. The highest BCUT2D eigenvalue weighted by atomic mass is 16.1. The first-order chi connectivity index (χ1) is 17.2. The molecule has 9 nitrogen and oxygen atoms in total. The Hall–Kier alpha value is -3.59. The maximum Gasteiger partial charge on any atom is 0.278 e. The molecular formula is C27H32N8O. The van der Waals surface area contributed by atoms with Crippen molar-refractivity contribution in [1.82, 2.24) is 34.6 Å². The normalized spacial score (nSPS) is 16.5. The van der Waals surface area contributed by atoms with E-state index >= 15 is 0 Å². The van der Waals surface area contributed by atoms with Crippen molar-refractivity contribution < 1.29 is 0 Å². The van der Waals surface area contributed by atoms with Crippen LogP contribution in [0.15, 0.2) is 41.5 Å². The molecule has 1 saturated carbocycles. The lowest BCUT2D eigenvalue weighted by molar-refractivity contribution is 0.463. The van der Waals surface area contributed by atoms with Gasteiger partial charge in [-0.3, -0.25) is 4.79 Å². The molecule has 3 aromatic heterocycles. The number of nitrogens with zero attached hydrogens (tertiary/aromatic N) is 6. The third-order valence-corrected chi connectivity index (χ3v) is 7.28. The predicted molar refractivity (Wildman–Crippen MR) is 140 cm³/mol. The highest BCUT2D eigenvalue weighted by Crippen LogP contribution is 2.50. The van der Waals surface area contributed by atoms with Gasteiger partial charge in [0.1, 0.15) is 5.39 Å². The molecule has 0 bridgehead atoms. The van der Waals surface area contributed by atoms with Crippen LogP contribution in [0, 0.1) is 0 Å². The first-order valence-corrected chi connectivity index (χ1v) is 12.6. The second-order valence-corrected chi connectivity index (χ2v) is 11.4. The van der Waals surface area contributed by atoms with E-state index in [-0.39, 0.29) is 17.0 Å². The number of rotatable bonds is 4. The third kappa shape index (κ3) is 3.69. The first-order valence-electron chi connectivity index (χ1n) is 12.6. The van der Waals surface area contributed by atoms with Crippen molar-refractivity contribution in [2.24, 2.45) is 0 Å². The van der Waals surface area contributed by atoms with Crippen LogP contribution >= 0.6 is 0 Å². The molecule has 1 fully saturated rings. The Morgan fingerprint density at radius 1 is 1.11 bits per heavy atom. The molecule has 0 unspecified atom stereocenters. The predicted octanol–water partition coefficient (Wildman–Crippen LogP) is 4.13. The number of hydrogen-bond donors (Lipinski definition) is 2. The van der Waals surface area contributed by atoms with Crippen LogP contribution in [0.5, 0.6) is 0 Å². The van der Waals surface area contributed by atoms with Crippen molar-refractivity contribution in [3.8, 4) is 5.95 Å². The van der Waals surface area contributed by atoms with E-state index < -0.39 is 0 Å². The largest absolute Gasteiger partial charge is 0.324 e. The zero-order valence-corrected chi connectivity index (χ0v) is 21.5. The molecule has 4 heterocycles. The Morgan fingerprint density at radius 2 is 1.92 bits per heavy atom. The molecule has 36 heavy (non-hydrogen) atoms. The van der Waals surface area contributed by atoms with E-state index in [2.05, 4.69) is 59.6 Å². The molecule has 1 aliphatic carbocycles. The minimum atomic E-state index is -0.161. The lowest BCUT2D eigenvalue weighted by atomic mass is 9.88. The summed E-state index contributed by atoms with van der Waals surface area (Å²) >= 11 is 0. The van der Waals surface area contributed by atoms with Crippen LogP contribution in [0.3, 0.4) is 0 Å².